The molecule has 0 N–H and O–H groups in total. The molecule has 0 aromatic heterocycles. The van der Waals surface area contributed by atoms with Crippen molar-refractivity contribution < 1.29 is 9.72 Å². The molecule has 158 valence electrons. The van der Waals surface area contributed by atoms with Crippen molar-refractivity contribution in [2.24, 2.45) is 9.98 Å². The summed E-state index contributed by atoms with van der Waals surface area (Å²) in [4.78, 5) is 34.9. The first-order chi connectivity index (χ1) is 15.6. The van der Waals surface area contributed by atoms with E-state index in [2.05, 4.69) is 0 Å². The number of hydrogen-bond donors (Lipinski definition) is 0. The molecule has 1 amide bonds. The van der Waals surface area contributed by atoms with E-state index in [1.807, 2.05) is 54.6 Å². The maximum atomic E-state index is 13.3. The molecule has 2 aliphatic heterocycles. The van der Waals surface area contributed by atoms with Gasteiger partial charge in [0.15, 0.2) is 5.17 Å². The number of nitrogens with zero attached hydrogens (tertiary/aromatic N) is 4. The molecule has 0 spiro atoms. The molecule has 0 saturated carbocycles. The number of non-ortho nitro benzene ring substituents is 1. The molecular formula is C24H18N4O3S. The first-order valence-electron chi connectivity index (χ1n) is 10.1. The van der Waals surface area contributed by atoms with Gasteiger partial charge in [0.2, 0.25) is 0 Å². The van der Waals surface area contributed by atoms with Gasteiger partial charge in [-0.05, 0) is 23.3 Å². The summed E-state index contributed by atoms with van der Waals surface area (Å²) in [6.07, 6.45) is 0.530. The maximum absolute atomic E-state index is 13.3. The van der Waals surface area contributed by atoms with Crippen LogP contribution in [0.3, 0.4) is 0 Å². The van der Waals surface area contributed by atoms with Gasteiger partial charge in [0.25, 0.3) is 11.6 Å². The molecule has 7 nitrogen and oxygen atoms in total. The summed E-state index contributed by atoms with van der Waals surface area (Å²) in [5.74, 6) is 1.07. The molecule has 1 atom stereocenters. The third-order valence-corrected chi connectivity index (χ3v) is 6.34. The van der Waals surface area contributed by atoms with Crippen molar-refractivity contribution >= 4 is 40.0 Å². The molecule has 5 rings (SSSR count). The molecule has 0 unspecified atom stereocenters. The average molecular weight is 443 g/mol. The Kier molecular flexibility index (Phi) is 5.28. The summed E-state index contributed by atoms with van der Waals surface area (Å²) >= 11 is 1.42. The lowest BCUT2D eigenvalue weighted by molar-refractivity contribution is -0.384. The fourth-order valence-corrected chi connectivity index (χ4v) is 4.69. The summed E-state index contributed by atoms with van der Waals surface area (Å²) in [5, 5.41) is 11.5. The zero-order valence-corrected chi connectivity index (χ0v) is 17.7. The smallest absolute Gasteiger partial charge is 0.269 e. The Labute approximate surface area is 188 Å². The van der Waals surface area contributed by atoms with Crippen LogP contribution in [-0.2, 0) is 17.0 Å². The Morgan fingerprint density at radius 3 is 2.41 bits per heavy atom. The molecule has 0 aliphatic carbocycles. The number of para-hydroxylation sites is 1. The second-order valence-electron chi connectivity index (χ2n) is 7.46. The van der Waals surface area contributed by atoms with Crippen LogP contribution in [-0.4, -0.2) is 32.8 Å². The van der Waals surface area contributed by atoms with E-state index in [9.17, 15) is 14.9 Å². The van der Waals surface area contributed by atoms with Gasteiger partial charge in [-0.2, -0.15) is 0 Å². The van der Waals surface area contributed by atoms with Crippen LogP contribution in [0.4, 0.5) is 11.4 Å². The van der Waals surface area contributed by atoms with E-state index in [4.69, 9.17) is 9.98 Å². The third-order valence-electron chi connectivity index (χ3n) is 5.33. The molecule has 0 fully saturated rings. The SMILES string of the molecule is O=C1[C@H](Cc2ccccc2)N=C2c3ccccc3N=C(SCc3ccc([N+](=O)[O-])cc3)N12. The Hall–Kier alpha value is -3.78. The summed E-state index contributed by atoms with van der Waals surface area (Å²) in [6.45, 7) is 0. The average Bonchev–Trinajstić information content (AvgIpc) is 3.15. The number of rotatable bonds is 5. The van der Waals surface area contributed by atoms with E-state index in [0.29, 0.717) is 23.2 Å². The molecule has 0 bridgehead atoms. The summed E-state index contributed by atoms with van der Waals surface area (Å²) in [7, 11) is 0. The van der Waals surface area contributed by atoms with Crippen molar-refractivity contribution in [1.29, 1.82) is 0 Å². The van der Waals surface area contributed by atoms with Crippen LogP contribution < -0.4 is 0 Å². The van der Waals surface area contributed by atoms with Gasteiger partial charge in [0.05, 0.1) is 10.6 Å². The van der Waals surface area contributed by atoms with E-state index in [0.717, 1.165) is 22.4 Å². The van der Waals surface area contributed by atoms with Gasteiger partial charge in [0, 0.05) is 29.9 Å². The van der Waals surface area contributed by atoms with Gasteiger partial charge in [0.1, 0.15) is 11.9 Å². The van der Waals surface area contributed by atoms with Gasteiger partial charge < -0.3 is 0 Å². The first-order valence-corrected chi connectivity index (χ1v) is 11.1. The molecule has 32 heavy (non-hydrogen) atoms. The number of benzene rings is 3. The number of aliphatic imine (C=N–C) groups is 2. The quantitative estimate of drug-likeness (QED) is 0.422. The van der Waals surface area contributed by atoms with Crippen molar-refractivity contribution in [3.05, 3.63) is 106 Å². The van der Waals surface area contributed by atoms with Crippen molar-refractivity contribution in [1.82, 2.24) is 4.90 Å². The van der Waals surface area contributed by atoms with Crippen LogP contribution in [0.5, 0.6) is 0 Å². The highest BCUT2D eigenvalue weighted by atomic mass is 32.2. The lowest BCUT2D eigenvalue weighted by Crippen LogP contribution is -2.41. The summed E-state index contributed by atoms with van der Waals surface area (Å²) in [6, 6.07) is 23.4. The van der Waals surface area contributed by atoms with E-state index in [1.165, 1.54) is 23.9 Å². The van der Waals surface area contributed by atoms with Crippen LogP contribution in [0.25, 0.3) is 0 Å². The summed E-state index contributed by atoms with van der Waals surface area (Å²) in [5.41, 5.74) is 3.64. The number of amides is 1. The Balaban J connectivity index is 1.42. The summed E-state index contributed by atoms with van der Waals surface area (Å²) < 4.78 is 0. The van der Waals surface area contributed by atoms with Gasteiger partial charge in [-0.1, -0.05) is 66.4 Å². The maximum Gasteiger partial charge on any atom is 0.269 e. The predicted octanol–water partition coefficient (Wildman–Crippen LogP) is 4.73. The predicted molar refractivity (Wildman–Crippen MR) is 125 cm³/mol. The second-order valence-corrected chi connectivity index (χ2v) is 8.40. The van der Waals surface area contributed by atoms with Crippen molar-refractivity contribution in [2.45, 2.75) is 18.2 Å². The van der Waals surface area contributed by atoms with E-state index in [-0.39, 0.29) is 11.6 Å². The van der Waals surface area contributed by atoms with E-state index < -0.39 is 11.0 Å². The van der Waals surface area contributed by atoms with Crippen LogP contribution in [0.1, 0.15) is 16.7 Å². The molecule has 0 saturated heterocycles. The van der Waals surface area contributed by atoms with E-state index in [1.54, 1.807) is 17.0 Å². The number of carbonyl (C=O) groups excluding carboxylic acids is 1. The lowest BCUT2D eigenvalue weighted by atomic mass is 10.1. The van der Waals surface area contributed by atoms with Crippen LogP contribution in [0, 0.1) is 10.1 Å². The highest BCUT2D eigenvalue weighted by Crippen LogP contribution is 2.35. The van der Waals surface area contributed by atoms with Crippen molar-refractivity contribution in [3.8, 4) is 0 Å². The van der Waals surface area contributed by atoms with Crippen LogP contribution >= 0.6 is 11.8 Å². The number of thioether (sulfide) groups is 1. The first kappa shape index (κ1) is 20.1. The lowest BCUT2D eigenvalue weighted by Gasteiger charge is -2.25. The minimum atomic E-state index is -0.497. The monoisotopic (exact) mass is 442 g/mol. The molecule has 3 aromatic rings. The molecule has 2 aliphatic rings. The van der Waals surface area contributed by atoms with Crippen LogP contribution in [0.15, 0.2) is 88.8 Å². The fourth-order valence-electron chi connectivity index (χ4n) is 3.73. The zero-order valence-electron chi connectivity index (χ0n) is 16.9. The minimum absolute atomic E-state index is 0.0515. The van der Waals surface area contributed by atoms with E-state index >= 15 is 0 Å². The molecule has 3 aromatic carbocycles. The number of nitro benzene ring substituents is 1. The van der Waals surface area contributed by atoms with Gasteiger partial charge in [-0.3, -0.25) is 19.9 Å². The second kappa shape index (κ2) is 8.39. The third kappa shape index (κ3) is 3.80. The Morgan fingerprint density at radius 2 is 1.66 bits per heavy atom. The van der Waals surface area contributed by atoms with Gasteiger partial charge in [-0.15, -0.1) is 0 Å². The minimum Gasteiger partial charge on any atom is -0.271 e. The standard InChI is InChI=1S/C24H18N4O3S/c29-23-21(14-16-6-2-1-3-7-16)25-22-19-8-4-5-9-20(19)26-24(27(22)23)32-15-17-10-12-18(13-11-17)28(30)31/h1-13,21H,14-15H2/t21-/m0/s1. The molecule has 2 heterocycles. The van der Waals surface area contributed by atoms with Gasteiger partial charge in [-0.25, -0.2) is 9.89 Å². The number of carbonyl (C=O) groups is 1. The topological polar surface area (TPSA) is 88.2 Å². The molecule has 0 radical (unpaired) electrons. The zero-order chi connectivity index (χ0) is 22.1. The number of hydrogen-bond acceptors (Lipinski definition) is 6. The van der Waals surface area contributed by atoms with Gasteiger partial charge >= 0.3 is 0 Å². The largest absolute Gasteiger partial charge is 0.271 e. The van der Waals surface area contributed by atoms with Crippen molar-refractivity contribution in [3.63, 3.8) is 0 Å². The molecule has 8 heteroatoms. The normalized spacial score (nSPS) is 16.8. The highest BCUT2D eigenvalue weighted by Gasteiger charge is 2.41. The number of amidine groups is 2. The van der Waals surface area contributed by atoms with Crippen LogP contribution in [0.2, 0.25) is 0 Å². The Bertz CT molecular complexity index is 1260. The highest BCUT2D eigenvalue weighted by molar-refractivity contribution is 8.13. The Morgan fingerprint density at radius 1 is 0.938 bits per heavy atom. The molecular weight excluding hydrogens is 424 g/mol. The number of nitro groups is 1. The number of fused-ring (bicyclic) bond motifs is 3. The van der Waals surface area contributed by atoms with Crippen molar-refractivity contribution in [2.75, 3.05) is 0 Å². The fraction of sp³-hybridized carbons (Fsp3) is 0.125.